The summed E-state index contributed by atoms with van der Waals surface area (Å²) in [7, 11) is 0. The summed E-state index contributed by atoms with van der Waals surface area (Å²) in [6.45, 7) is 3.98. The Hall–Kier alpha value is -2.42. The molecule has 0 aliphatic heterocycles. The molecule has 2 aromatic rings. The van der Waals surface area contributed by atoms with Gasteiger partial charge in [-0.05, 0) is 38.0 Å². The molecule has 0 bridgehead atoms. The Morgan fingerprint density at radius 1 is 1.18 bits per heavy atom. The smallest absolute Gasteiger partial charge is 0.338 e. The first-order valence-corrected chi connectivity index (χ1v) is 7.36. The number of rotatable bonds is 3. The molecule has 2 aromatic carbocycles. The molecule has 0 amide bonds. The minimum atomic E-state index is -0.666. The average molecular weight is 294 g/mol. The molecule has 112 valence electrons. The summed E-state index contributed by atoms with van der Waals surface area (Å²) in [6, 6.07) is 14.7. The van der Waals surface area contributed by atoms with Gasteiger partial charge in [0.05, 0.1) is 11.0 Å². The zero-order valence-corrected chi connectivity index (χ0v) is 12.8. The fourth-order valence-electron chi connectivity index (χ4n) is 2.91. The molecule has 1 atom stereocenters. The largest absolute Gasteiger partial charge is 0.461 e. The van der Waals surface area contributed by atoms with Gasteiger partial charge in [0, 0.05) is 5.56 Å². The van der Waals surface area contributed by atoms with Crippen molar-refractivity contribution in [3.05, 3.63) is 70.8 Å². The number of fused-ring (bicyclic) bond motifs is 1. The molecule has 0 saturated heterocycles. The number of hydrogen-bond donors (Lipinski definition) is 0. The molecular formula is C19H18O3. The number of hydrogen-bond acceptors (Lipinski definition) is 3. The van der Waals surface area contributed by atoms with Gasteiger partial charge in [0.2, 0.25) is 0 Å². The number of esters is 1. The van der Waals surface area contributed by atoms with Crippen molar-refractivity contribution in [2.75, 3.05) is 6.61 Å². The Balaban J connectivity index is 1.74. The molecule has 0 aromatic heterocycles. The maximum atomic E-state index is 12.6. The van der Waals surface area contributed by atoms with Crippen LogP contribution >= 0.6 is 0 Å². The van der Waals surface area contributed by atoms with E-state index in [1.54, 1.807) is 24.3 Å². The molecule has 3 nitrogen and oxygen atoms in total. The van der Waals surface area contributed by atoms with Crippen molar-refractivity contribution in [3.63, 3.8) is 0 Å². The molecule has 0 heterocycles. The van der Waals surface area contributed by atoms with Crippen molar-refractivity contribution in [1.29, 1.82) is 0 Å². The summed E-state index contributed by atoms with van der Waals surface area (Å²) < 4.78 is 5.39. The minimum Gasteiger partial charge on any atom is -0.461 e. The van der Waals surface area contributed by atoms with E-state index in [0.717, 1.165) is 16.7 Å². The molecule has 0 spiro atoms. The van der Waals surface area contributed by atoms with Crippen LogP contribution in [-0.4, -0.2) is 18.4 Å². The van der Waals surface area contributed by atoms with Crippen LogP contribution in [0.2, 0.25) is 0 Å². The van der Waals surface area contributed by atoms with E-state index in [2.05, 4.69) is 0 Å². The van der Waals surface area contributed by atoms with Crippen molar-refractivity contribution >= 4 is 11.8 Å². The highest BCUT2D eigenvalue weighted by Gasteiger charge is 2.42. The third-order valence-electron chi connectivity index (χ3n) is 4.17. The van der Waals surface area contributed by atoms with Crippen LogP contribution in [-0.2, 0) is 11.2 Å². The van der Waals surface area contributed by atoms with E-state index >= 15 is 0 Å². The number of carbonyl (C=O) groups excluding carboxylic acids is 2. The first-order chi connectivity index (χ1) is 10.5. The van der Waals surface area contributed by atoms with Crippen molar-refractivity contribution in [2.24, 2.45) is 5.41 Å². The lowest BCUT2D eigenvalue weighted by Crippen LogP contribution is -2.31. The minimum absolute atomic E-state index is 0.0587. The van der Waals surface area contributed by atoms with Crippen LogP contribution in [0, 0.1) is 12.3 Å². The highest BCUT2D eigenvalue weighted by Crippen LogP contribution is 2.37. The summed E-state index contributed by atoms with van der Waals surface area (Å²) in [5.41, 5.74) is 2.77. The third-order valence-corrected chi connectivity index (χ3v) is 4.17. The summed E-state index contributed by atoms with van der Waals surface area (Å²) >= 11 is 0. The molecule has 1 unspecified atom stereocenters. The van der Waals surface area contributed by atoms with E-state index in [9.17, 15) is 9.59 Å². The maximum Gasteiger partial charge on any atom is 0.338 e. The molecule has 0 saturated carbocycles. The van der Waals surface area contributed by atoms with Gasteiger partial charge in [-0.1, -0.05) is 42.0 Å². The quantitative estimate of drug-likeness (QED) is 0.812. The number of aryl methyl sites for hydroxylation is 1. The number of carbonyl (C=O) groups is 2. The van der Waals surface area contributed by atoms with Gasteiger partial charge in [-0.15, -0.1) is 0 Å². The molecule has 1 aliphatic carbocycles. The van der Waals surface area contributed by atoms with Crippen LogP contribution in [0.15, 0.2) is 48.5 Å². The van der Waals surface area contributed by atoms with Crippen LogP contribution < -0.4 is 0 Å². The zero-order valence-electron chi connectivity index (χ0n) is 12.8. The fraction of sp³-hybridized carbons (Fsp3) is 0.263. The van der Waals surface area contributed by atoms with Gasteiger partial charge < -0.3 is 4.74 Å². The number of ether oxygens (including phenoxy) is 1. The molecule has 22 heavy (non-hydrogen) atoms. The standard InChI is InChI=1S/C19H18O3/c1-13-8-9-16-15(10-13)11-19(2,17(16)20)12-22-18(21)14-6-4-3-5-7-14/h3-10H,11-12H2,1-2H3. The van der Waals surface area contributed by atoms with Gasteiger partial charge in [0.15, 0.2) is 5.78 Å². The Labute approximate surface area is 129 Å². The van der Waals surface area contributed by atoms with E-state index < -0.39 is 5.41 Å². The normalized spacial score (nSPS) is 19.8. The predicted octanol–water partition coefficient (Wildman–Crippen LogP) is 3.60. The van der Waals surface area contributed by atoms with Crippen molar-refractivity contribution in [1.82, 2.24) is 0 Å². The molecular weight excluding hydrogens is 276 g/mol. The number of ketones is 1. The lowest BCUT2D eigenvalue weighted by Gasteiger charge is -2.21. The molecule has 0 N–H and O–H groups in total. The van der Waals surface area contributed by atoms with Gasteiger partial charge in [-0.25, -0.2) is 4.79 Å². The Morgan fingerprint density at radius 2 is 1.91 bits per heavy atom. The fourth-order valence-corrected chi connectivity index (χ4v) is 2.91. The molecule has 3 rings (SSSR count). The van der Waals surface area contributed by atoms with Crippen LogP contribution in [0.1, 0.15) is 38.8 Å². The Morgan fingerprint density at radius 3 is 2.64 bits per heavy atom. The second-order valence-corrected chi connectivity index (χ2v) is 6.17. The summed E-state index contributed by atoms with van der Waals surface area (Å²) in [6.07, 6.45) is 0.616. The molecule has 0 fully saturated rings. The van der Waals surface area contributed by atoms with E-state index in [-0.39, 0.29) is 18.4 Å². The molecule has 1 aliphatic rings. The number of Topliss-reactive ketones (excluding diaryl/α,β-unsaturated/α-hetero) is 1. The average Bonchev–Trinajstić information content (AvgIpc) is 2.77. The zero-order chi connectivity index (χ0) is 15.7. The highest BCUT2D eigenvalue weighted by molar-refractivity contribution is 6.05. The summed E-state index contributed by atoms with van der Waals surface area (Å²) in [5, 5.41) is 0. The van der Waals surface area contributed by atoms with Crippen LogP contribution in [0.5, 0.6) is 0 Å². The lowest BCUT2D eigenvalue weighted by atomic mass is 9.87. The van der Waals surface area contributed by atoms with Crippen LogP contribution in [0.4, 0.5) is 0 Å². The Kier molecular flexibility index (Phi) is 3.57. The summed E-state index contributed by atoms with van der Waals surface area (Å²) in [4.78, 5) is 24.6. The molecule has 0 radical (unpaired) electrons. The van der Waals surface area contributed by atoms with E-state index in [1.807, 2.05) is 38.1 Å². The molecule has 3 heteroatoms. The van der Waals surface area contributed by atoms with E-state index in [0.29, 0.717) is 12.0 Å². The first kappa shape index (κ1) is 14.5. The van der Waals surface area contributed by atoms with E-state index in [4.69, 9.17) is 4.74 Å². The van der Waals surface area contributed by atoms with Gasteiger partial charge in [-0.2, -0.15) is 0 Å². The predicted molar refractivity (Wildman–Crippen MR) is 84.0 cm³/mol. The first-order valence-electron chi connectivity index (χ1n) is 7.36. The second-order valence-electron chi connectivity index (χ2n) is 6.17. The van der Waals surface area contributed by atoms with Crippen molar-refractivity contribution in [2.45, 2.75) is 20.3 Å². The van der Waals surface area contributed by atoms with E-state index in [1.165, 1.54) is 0 Å². The summed E-state index contributed by atoms with van der Waals surface area (Å²) in [5.74, 6) is -0.329. The van der Waals surface area contributed by atoms with Crippen LogP contribution in [0.3, 0.4) is 0 Å². The van der Waals surface area contributed by atoms with Gasteiger partial charge in [0.1, 0.15) is 6.61 Å². The monoisotopic (exact) mass is 294 g/mol. The van der Waals surface area contributed by atoms with Crippen LogP contribution in [0.25, 0.3) is 0 Å². The van der Waals surface area contributed by atoms with Gasteiger partial charge in [-0.3, -0.25) is 4.79 Å². The third kappa shape index (κ3) is 2.54. The lowest BCUT2D eigenvalue weighted by molar-refractivity contribution is 0.0322. The SMILES string of the molecule is Cc1ccc2c(c1)CC(C)(COC(=O)c1ccccc1)C2=O. The maximum absolute atomic E-state index is 12.6. The highest BCUT2D eigenvalue weighted by atomic mass is 16.5. The topological polar surface area (TPSA) is 43.4 Å². The van der Waals surface area contributed by atoms with Crippen molar-refractivity contribution in [3.8, 4) is 0 Å². The second kappa shape index (κ2) is 5.41. The Bertz CT molecular complexity index is 734. The number of benzene rings is 2. The van der Waals surface area contributed by atoms with Crippen molar-refractivity contribution < 1.29 is 14.3 Å². The van der Waals surface area contributed by atoms with Gasteiger partial charge in [0.25, 0.3) is 0 Å². The van der Waals surface area contributed by atoms with Gasteiger partial charge >= 0.3 is 5.97 Å².